The third-order valence-electron chi connectivity index (χ3n) is 7.03. The topological polar surface area (TPSA) is 106 Å². The lowest BCUT2D eigenvalue weighted by molar-refractivity contribution is 0.179. The van der Waals surface area contributed by atoms with Crippen LogP contribution in [0.3, 0.4) is 0 Å². The van der Waals surface area contributed by atoms with Gasteiger partial charge in [0.05, 0.1) is 19.4 Å². The van der Waals surface area contributed by atoms with Gasteiger partial charge in [-0.2, -0.15) is 0 Å². The number of furan rings is 1. The molecule has 4 aromatic heterocycles. The number of aryl methyl sites for hydroxylation is 1. The molecule has 2 aromatic carbocycles. The summed E-state index contributed by atoms with van der Waals surface area (Å²) in [5.74, 6) is 1.33. The van der Waals surface area contributed by atoms with E-state index in [1.807, 2.05) is 79.0 Å². The van der Waals surface area contributed by atoms with Crippen molar-refractivity contribution < 1.29 is 4.42 Å². The molecule has 1 atom stereocenters. The number of rotatable bonds is 10. The van der Waals surface area contributed by atoms with Crippen molar-refractivity contribution in [1.82, 2.24) is 35.1 Å². The number of hydrogen-bond donors (Lipinski definition) is 1. The van der Waals surface area contributed by atoms with Crippen molar-refractivity contribution in [3.63, 3.8) is 0 Å². The van der Waals surface area contributed by atoms with Gasteiger partial charge in [-0.3, -0.25) is 14.7 Å². The summed E-state index contributed by atoms with van der Waals surface area (Å²) in [5.41, 5.74) is 4.40. The minimum absolute atomic E-state index is 0.188. The minimum Gasteiger partial charge on any atom is -0.468 e. The van der Waals surface area contributed by atoms with Crippen molar-refractivity contribution in [2.45, 2.75) is 39.0 Å². The summed E-state index contributed by atoms with van der Waals surface area (Å²) in [7, 11) is 0. The van der Waals surface area contributed by atoms with Crippen molar-refractivity contribution >= 4 is 10.9 Å². The first-order valence-electron chi connectivity index (χ1n) is 13.3. The number of benzene rings is 2. The van der Waals surface area contributed by atoms with Gasteiger partial charge in [-0.25, -0.2) is 4.68 Å². The van der Waals surface area contributed by atoms with Gasteiger partial charge >= 0.3 is 0 Å². The molecule has 0 saturated heterocycles. The van der Waals surface area contributed by atoms with Crippen molar-refractivity contribution in [3.05, 3.63) is 142 Å². The van der Waals surface area contributed by atoms with Gasteiger partial charge in [0.15, 0.2) is 5.82 Å². The van der Waals surface area contributed by atoms with Crippen molar-refractivity contribution in [2.75, 3.05) is 0 Å². The molecule has 1 N–H and O–H groups in total. The summed E-state index contributed by atoms with van der Waals surface area (Å²) in [5, 5.41) is 13.9. The summed E-state index contributed by atoms with van der Waals surface area (Å²) in [6.07, 6.45) is 6.13. The van der Waals surface area contributed by atoms with E-state index in [2.05, 4.69) is 43.4 Å². The lowest BCUT2D eigenvalue weighted by Gasteiger charge is -2.30. The fourth-order valence-corrected chi connectivity index (χ4v) is 5.04. The quantitative estimate of drug-likeness (QED) is 0.268. The van der Waals surface area contributed by atoms with Gasteiger partial charge in [-0.1, -0.05) is 49.4 Å². The van der Waals surface area contributed by atoms with Crippen LogP contribution in [-0.2, 0) is 26.1 Å². The molecule has 6 aromatic rings. The Balaban J connectivity index is 1.53. The van der Waals surface area contributed by atoms with E-state index >= 15 is 0 Å². The zero-order valence-electron chi connectivity index (χ0n) is 22.1. The zero-order chi connectivity index (χ0) is 27.3. The number of aromatic nitrogens is 6. The van der Waals surface area contributed by atoms with E-state index < -0.39 is 6.04 Å². The maximum atomic E-state index is 13.8. The molecule has 0 saturated carbocycles. The number of hydrogen-bond acceptors (Lipinski definition) is 7. The molecule has 0 bridgehead atoms. The van der Waals surface area contributed by atoms with Crippen LogP contribution in [0.4, 0.5) is 0 Å². The number of pyridine rings is 2. The van der Waals surface area contributed by atoms with Crippen LogP contribution < -0.4 is 5.56 Å². The minimum atomic E-state index is -0.581. The predicted molar refractivity (Wildman–Crippen MR) is 151 cm³/mol. The fraction of sp³-hybridized carbons (Fsp3) is 0.194. The first kappa shape index (κ1) is 25.4. The average Bonchev–Trinajstić information content (AvgIpc) is 3.67. The van der Waals surface area contributed by atoms with E-state index in [0.717, 1.165) is 34.2 Å². The number of nitrogens with one attached hydrogen (secondary N) is 1. The molecule has 1 unspecified atom stereocenters. The second kappa shape index (κ2) is 11.5. The standard InChI is InChI=1S/C31H29N7O2/c1-2-22-12-13-28-25(16-22)17-27(31(39)33-28)29(30-34-35-36-38(30)20-23-8-4-3-5-9-23)37(21-26-11-7-15-40-26)19-24-10-6-14-32-18-24/h3-18,29H,2,19-21H2,1H3,(H,33,39). The van der Waals surface area contributed by atoms with Gasteiger partial charge in [-0.05, 0) is 75.3 Å². The van der Waals surface area contributed by atoms with Crippen molar-refractivity contribution in [1.29, 1.82) is 0 Å². The van der Waals surface area contributed by atoms with Gasteiger partial charge in [-0.15, -0.1) is 5.10 Å². The number of aromatic amines is 1. The van der Waals surface area contributed by atoms with Gasteiger partial charge < -0.3 is 9.40 Å². The van der Waals surface area contributed by atoms with E-state index in [4.69, 9.17) is 4.42 Å². The molecule has 0 aliphatic rings. The molecular weight excluding hydrogens is 502 g/mol. The third kappa shape index (κ3) is 5.45. The van der Waals surface area contributed by atoms with Crippen LogP contribution in [0.5, 0.6) is 0 Å². The molecule has 0 spiro atoms. The normalized spacial score (nSPS) is 12.2. The SMILES string of the molecule is CCc1ccc2[nH]c(=O)c(C(c3nnnn3Cc3ccccc3)N(Cc3cccnc3)Cc3ccco3)cc2c1. The second-order valence-electron chi connectivity index (χ2n) is 9.76. The van der Waals surface area contributed by atoms with E-state index in [0.29, 0.717) is 31.0 Å². The molecule has 9 nitrogen and oxygen atoms in total. The second-order valence-corrected chi connectivity index (χ2v) is 9.76. The van der Waals surface area contributed by atoms with Gasteiger partial charge in [0.1, 0.15) is 11.8 Å². The van der Waals surface area contributed by atoms with Gasteiger partial charge in [0, 0.05) is 30.0 Å². The van der Waals surface area contributed by atoms with Crippen LogP contribution in [0.1, 0.15) is 46.8 Å². The maximum Gasteiger partial charge on any atom is 0.253 e. The Labute approximate surface area is 231 Å². The first-order chi connectivity index (χ1) is 19.7. The predicted octanol–water partition coefficient (Wildman–Crippen LogP) is 4.91. The monoisotopic (exact) mass is 531 g/mol. The molecule has 0 fully saturated rings. The lowest BCUT2D eigenvalue weighted by Crippen LogP contribution is -2.35. The Morgan fingerprint density at radius 3 is 2.60 bits per heavy atom. The van der Waals surface area contributed by atoms with E-state index in [1.165, 1.54) is 5.56 Å². The summed E-state index contributed by atoms with van der Waals surface area (Å²) >= 11 is 0. The Kier molecular flexibility index (Phi) is 7.28. The molecule has 0 aliphatic carbocycles. The van der Waals surface area contributed by atoms with Crippen molar-refractivity contribution in [2.24, 2.45) is 0 Å². The van der Waals surface area contributed by atoms with Gasteiger partial charge in [0.25, 0.3) is 5.56 Å². The molecule has 200 valence electrons. The number of nitrogens with zero attached hydrogens (tertiary/aromatic N) is 6. The molecule has 40 heavy (non-hydrogen) atoms. The molecular formula is C31H29N7O2. The highest BCUT2D eigenvalue weighted by Gasteiger charge is 2.31. The Bertz CT molecular complexity index is 1750. The van der Waals surface area contributed by atoms with Crippen LogP contribution in [0.2, 0.25) is 0 Å². The highest BCUT2D eigenvalue weighted by Crippen LogP contribution is 2.30. The zero-order valence-corrected chi connectivity index (χ0v) is 22.1. The third-order valence-corrected chi connectivity index (χ3v) is 7.03. The van der Waals surface area contributed by atoms with E-state index in [9.17, 15) is 4.79 Å². The maximum absolute atomic E-state index is 13.8. The fourth-order valence-electron chi connectivity index (χ4n) is 5.04. The van der Waals surface area contributed by atoms with Crippen LogP contribution in [0.15, 0.2) is 107 Å². The van der Waals surface area contributed by atoms with Crippen molar-refractivity contribution in [3.8, 4) is 0 Å². The molecule has 4 heterocycles. The summed E-state index contributed by atoms with van der Waals surface area (Å²) in [6, 6.07) is 25.3. The number of tetrazole rings is 1. The number of H-pyrrole nitrogens is 1. The molecule has 9 heteroatoms. The molecule has 0 aliphatic heterocycles. The smallest absolute Gasteiger partial charge is 0.253 e. The summed E-state index contributed by atoms with van der Waals surface area (Å²) in [4.78, 5) is 23.3. The summed E-state index contributed by atoms with van der Waals surface area (Å²) in [6.45, 7) is 3.50. The number of fused-ring (bicyclic) bond motifs is 1. The van der Waals surface area contributed by atoms with E-state index in [1.54, 1.807) is 17.1 Å². The van der Waals surface area contributed by atoms with Crippen LogP contribution in [0, 0.1) is 0 Å². The van der Waals surface area contributed by atoms with Gasteiger partial charge in [0.2, 0.25) is 0 Å². The average molecular weight is 532 g/mol. The van der Waals surface area contributed by atoms with Crippen LogP contribution >= 0.6 is 0 Å². The Morgan fingerprint density at radius 2 is 1.82 bits per heavy atom. The molecule has 0 amide bonds. The molecule has 0 radical (unpaired) electrons. The first-order valence-corrected chi connectivity index (χ1v) is 13.3. The summed E-state index contributed by atoms with van der Waals surface area (Å²) < 4.78 is 7.53. The highest BCUT2D eigenvalue weighted by atomic mass is 16.3. The molecule has 6 rings (SSSR count). The Morgan fingerprint density at radius 1 is 0.950 bits per heavy atom. The van der Waals surface area contributed by atoms with Crippen LogP contribution in [0.25, 0.3) is 10.9 Å². The highest BCUT2D eigenvalue weighted by molar-refractivity contribution is 5.80. The van der Waals surface area contributed by atoms with E-state index in [-0.39, 0.29) is 5.56 Å². The lowest BCUT2D eigenvalue weighted by atomic mass is 10.0. The largest absolute Gasteiger partial charge is 0.468 e. The van der Waals surface area contributed by atoms with Crippen LogP contribution in [-0.4, -0.2) is 35.1 Å². The Hall–Kier alpha value is -4.89.